The number of imidazole rings is 1. The normalized spacial score (nSPS) is 10.6. The summed E-state index contributed by atoms with van der Waals surface area (Å²) in [6.45, 7) is 4.30. The van der Waals surface area contributed by atoms with E-state index in [2.05, 4.69) is 15.3 Å². The molecule has 0 radical (unpaired) electrons. The van der Waals surface area contributed by atoms with Gasteiger partial charge in [-0.25, -0.2) is 19.2 Å². The van der Waals surface area contributed by atoms with Crippen molar-refractivity contribution in [3.8, 4) is 5.69 Å². The minimum Gasteiger partial charge on any atom is -0.462 e. The van der Waals surface area contributed by atoms with E-state index >= 15 is 0 Å². The third kappa shape index (κ3) is 3.88. The van der Waals surface area contributed by atoms with E-state index in [-0.39, 0.29) is 5.82 Å². The summed E-state index contributed by atoms with van der Waals surface area (Å²) < 4.78 is 21.0. The minimum absolute atomic E-state index is 0.318. The summed E-state index contributed by atoms with van der Waals surface area (Å²) in [4.78, 5) is 19.9. The van der Waals surface area contributed by atoms with Crippen molar-refractivity contribution >= 4 is 11.8 Å². The molecule has 134 valence electrons. The first-order valence-electron chi connectivity index (χ1n) is 8.24. The van der Waals surface area contributed by atoms with E-state index in [9.17, 15) is 9.18 Å². The van der Waals surface area contributed by atoms with Crippen LogP contribution in [0.25, 0.3) is 5.69 Å². The molecule has 1 N–H and O–H groups in total. The highest BCUT2D eigenvalue weighted by molar-refractivity contribution is 5.89. The average Bonchev–Trinajstić information content (AvgIpc) is 3.06. The molecular weight excluding hydrogens is 335 g/mol. The first kappa shape index (κ1) is 17.6. The van der Waals surface area contributed by atoms with Gasteiger partial charge in [0, 0.05) is 25.1 Å². The van der Waals surface area contributed by atoms with Crippen LogP contribution in [0, 0.1) is 12.7 Å². The molecule has 0 fully saturated rings. The SMILES string of the molecule is CCOC(=O)c1ccc(NCc2ccc(-n3ccnc3C)c(F)c2)nc1. The molecule has 2 aromatic heterocycles. The molecule has 3 rings (SSSR count). The first-order valence-corrected chi connectivity index (χ1v) is 8.24. The van der Waals surface area contributed by atoms with Crippen LogP contribution in [-0.4, -0.2) is 27.1 Å². The number of aromatic nitrogens is 3. The molecule has 1 aromatic carbocycles. The van der Waals surface area contributed by atoms with E-state index in [1.807, 2.05) is 13.0 Å². The number of nitrogens with one attached hydrogen (secondary N) is 1. The number of benzene rings is 1. The summed E-state index contributed by atoms with van der Waals surface area (Å²) in [5, 5.41) is 3.10. The predicted octanol–water partition coefficient (Wildman–Crippen LogP) is 3.50. The van der Waals surface area contributed by atoms with Gasteiger partial charge < -0.3 is 14.6 Å². The Morgan fingerprint density at radius 2 is 2.12 bits per heavy atom. The van der Waals surface area contributed by atoms with Crippen LogP contribution in [0.15, 0.2) is 48.9 Å². The van der Waals surface area contributed by atoms with Gasteiger partial charge in [0.1, 0.15) is 17.5 Å². The van der Waals surface area contributed by atoms with Crippen molar-refractivity contribution in [2.75, 3.05) is 11.9 Å². The van der Waals surface area contributed by atoms with E-state index in [1.165, 1.54) is 12.3 Å². The molecule has 7 heteroatoms. The van der Waals surface area contributed by atoms with Crippen LogP contribution in [0.5, 0.6) is 0 Å². The van der Waals surface area contributed by atoms with Crippen LogP contribution in [-0.2, 0) is 11.3 Å². The Kier molecular flexibility index (Phi) is 5.26. The minimum atomic E-state index is -0.404. The molecule has 0 amide bonds. The quantitative estimate of drug-likeness (QED) is 0.686. The summed E-state index contributed by atoms with van der Waals surface area (Å²) in [6.07, 6.45) is 4.81. The van der Waals surface area contributed by atoms with Crippen molar-refractivity contribution in [1.82, 2.24) is 14.5 Å². The summed E-state index contributed by atoms with van der Waals surface area (Å²) >= 11 is 0. The molecule has 0 bridgehead atoms. The summed E-state index contributed by atoms with van der Waals surface area (Å²) in [5.74, 6) is 0.587. The van der Waals surface area contributed by atoms with E-state index in [1.54, 1.807) is 42.1 Å². The molecule has 0 aliphatic heterocycles. The Labute approximate surface area is 150 Å². The first-order chi connectivity index (χ1) is 12.6. The number of halogens is 1. The highest BCUT2D eigenvalue weighted by Gasteiger charge is 2.09. The Morgan fingerprint density at radius 1 is 1.27 bits per heavy atom. The summed E-state index contributed by atoms with van der Waals surface area (Å²) in [7, 11) is 0. The molecule has 2 heterocycles. The number of anilines is 1. The lowest BCUT2D eigenvalue weighted by atomic mass is 10.2. The van der Waals surface area contributed by atoms with E-state index in [0.717, 1.165) is 11.4 Å². The smallest absolute Gasteiger partial charge is 0.339 e. The highest BCUT2D eigenvalue weighted by Crippen LogP contribution is 2.17. The fourth-order valence-electron chi connectivity index (χ4n) is 2.51. The van der Waals surface area contributed by atoms with Crippen molar-refractivity contribution < 1.29 is 13.9 Å². The van der Waals surface area contributed by atoms with Crippen molar-refractivity contribution in [1.29, 1.82) is 0 Å². The molecule has 6 nitrogen and oxygen atoms in total. The van der Waals surface area contributed by atoms with Crippen LogP contribution in [0.4, 0.5) is 10.2 Å². The van der Waals surface area contributed by atoms with Gasteiger partial charge in [-0.15, -0.1) is 0 Å². The van der Waals surface area contributed by atoms with Crippen molar-refractivity contribution in [2.45, 2.75) is 20.4 Å². The predicted molar refractivity (Wildman–Crippen MR) is 95.8 cm³/mol. The number of ether oxygens (including phenoxy) is 1. The highest BCUT2D eigenvalue weighted by atomic mass is 19.1. The van der Waals surface area contributed by atoms with Gasteiger partial charge in [-0.2, -0.15) is 0 Å². The molecule has 0 aliphatic rings. The van der Waals surface area contributed by atoms with Crippen molar-refractivity contribution in [3.05, 3.63) is 71.7 Å². The molecule has 0 saturated heterocycles. The number of hydrogen-bond acceptors (Lipinski definition) is 5. The number of hydrogen-bond donors (Lipinski definition) is 1. The third-order valence-corrected chi connectivity index (χ3v) is 3.85. The lowest BCUT2D eigenvalue weighted by Gasteiger charge is -2.10. The molecule has 0 aliphatic carbocycles. The van der Waals surface area contributed by atoms with Gasteiger partial charge in [-0.3, -0.25) is 0 Å². The number of pyridine rings is 1. The molecule has 0 saturated carbocycles. The van der Waals surface area contributed by atoms with Gasteiger partial charge in [-0.1, -0.05) is 6.07 Å². The molecule has 0 unspecified atom stereocenters. The van der Waals surface area contributed by atoms with Crippen LogP contribution in [0.1, 0.15) is 28.7 Å². The Balaban J connectivity index is 1.66. The van der Waals surface area contributed by atoms with E-state index in [4.69, 9.17) is 4.74 Å². The maximum Gasteiger partial charge on any atom is 0.339 e. The number of carbonyl (C=O) groups excluding carboxylic acids is 1. The third-order valence-electron chi connectivity index (χ3n) is 3.85. The number of esters is 1. The summed E-state index contributed by atoms with van der Waals surface area (Å²) in [5.41, 5.74) is 1.63. The van der Waals surface area contributed by atoms with Gasteiger partial charge in [0.25, 0.3) is 0 Å². The van der Waals surface area contributed by atoms with Gasteiger partial charge in [0.15, 0.2) is 0 Å². The van der Waals surface area contributed by atoms with Crippen LogP contribution < -0.4 is 5.32 Å². The number of nitrogens with zero attached hydrogens (tertiary/aromatic N) is 3. The Hall–Kier alpha value is -3.22. The monoisotopic (exact) mass is 354 g/mol. The Bertz CT molecular complexity index is 906. The standard InChI is InChI=1S/C19H19FN4O2/c1-3-26-19(25)15-5-7-18(23-12-15)22-11-14-4-6-17(16(20)10-14)24-9-8-21-13(24)2/h4-10,12H,3,11H2,1-2H3,(H,22,23). The maximum atomic E-state index is 14.4. The largest absolute Gasteiger partial charge is 0.462 e. The van der Waals surface area contributed by atoms with E-state index in [0.29, 0.717) is 30.2 Å². The van der Waals surface area contributed by atoms with Crippen molar-refractivity contribution in [2.24, 2.45) is 0 Å². The van der Waals surface area contributed by atoms with Gasteiger partial charge in [0.2, 0.25) is 0 Å². The van der Waals surface area contributed by atoms with Crippen LogP contribution in [0.2, 0.25) is 0 Å². The van der Waals surface area contributed by atoms with Gasteiger partial charge in [-0.05, 0) is 43.7 Å². The second-order valence-electron chi connectivity index (χ2n) is 5.64. The molecule has 3 aromatic rings. The van der Waals surface area contributed by atoms with E-state index < -0.39 is 5.97 Å². The molecule has 0 atom stereocenters. The second-order valence-corrected chi connectivity index (χ2v) is 5.64. The molecule has 26 heavy (non-hydrogen) atoms. The zero-order valence-electron chi connectivity index (χ0n) is 14.6. The number of carbonyl (C=O) groups is 1. The molecule has 0 spiro atoms. The van der Waals surface area contributed by atoms with Gasteiger partial charge in [0.05, 0.1) is 17.9 Å². The fraction of sp³-hybridized carbons (Fsp3) is 0.211. The van der Waals surface area contributed by atoms with Crippen molar-refractivity contribution in [3.63, 3.8) is 0 Å². The number of rotatable bonds is 6. The van der Waals surface area contributed by atoms with Gasteiger partial charge >= 0.3 is 5.97 Å². The zero-order chi connectivity index (χ0) is 18.5. The number of aryl methyl sites for hydroxylation is 1. The zero-order valence-corrected chi connectivity index (χ0v) is 14.6. The maximum absolute atomic E-state index is 14.4. The van der Waals surface area contributed by atoms with Crippen LogP contribution in [0.3, 0.4) is 0 Å². The Morgan fingerprint density at radius 3 is 2.73 bits per heavy atom. The fourth-order valence-corrected chi connectivity index (χ4v) is 2.51. The van der Waals surface area contributed by atoms with Crippen LogP contribution >= 0.6 is 0 Å². The lowest BCUT2D eigenvalue weighted by molar-refractivity contribution is 0.0526. The lowest BCUT2D eigenvalue weighted by Crippen LogP contribution is -2.07. The second kappa shape index (κ2) is 7.77. The summed E-state index contributed by atoms with van der Waals surface area (Å²) in [6, 6.07) is 8.37. The topological polar surface area (TPSA) is 69.0 Å². The average molecular weight is 354 g/mol. The molecular formula is C19H19FN4O2.